The van der Waals surface area contributed by atoms with Gasteiger partial charge in [0, 0.05) is 24.5 Å². The van der Waals surface area contributed by atoms with Crippen molar-refractivity contribution >= 4 is 5.91 Å². The maximum absolute atomic E-state index is 12.2. The highest BCUT2D eigenvalue weighted by Gasteiger charge is 2.26. The predicted octanol–water partition coefficient (Wildman–Crippen LogP) is 1.49. The first kappa shape index (κ1) is 14.8. The van der Waals surface area contributed by atoms with Crippen LogP contribution in [0.25, 0.3) is 0 Å². The Morgan fingerprint density at radius 3 is 2.68 bits per heavy atom. The Labute approximate surface area is 117 Å². The summed E-state index contributed by atoms with van der Waals surface area (Å²) in [5.41, 5.74) is 5.95. The van der Waals surface area contributed by atoms with Crippen molar-refractivity contribution in [3.8, 4) is 0 Å². The van der Waals surface area contributed by atoms with Gasteiger partial charge in [-0.15, -0.1) is 0 Å². The Morgan fingerprint density at radius 1 is 1.26 bits per heavy atom. The van der Waals surface area contributed by atoms with Crippen molar-refractivity contribution in [2.24, 2.45) is 11.7 Å². The number of hydrogen-bond acceptors (Lipinski definition) is 3. The number of carbonyl (C=O) groups excluding carboxylic acids is 1. The Morgan fingerprint density at radius 2 is 2.00 bits per heavy atom. The van der Waals surface area contributed by atoms with E-state index in [0.717, 1.165) is 32.2 Å². The minimum absolute atomic E-state index is 0.146. The van der Waals surface area contributed by atoms with E-state index in [9.17, 15) is 4.79 Å². The third-order valence-corrected chi connectivity index (χ3v) is 4.45. The predicted molar refractivity (Wildman–Crippen MR) is 77.8 cm³/mol. The van der Waals surface area contributed by atoms with Gasteiger partial charge in [-0.2, -0.15) is 0 Å². The lowest BCUT2D eigenvalue weighted by Gasteiger charge is -2.31. The molecule has 1 aliphatic carbocycles. The highest BCUT2D eigenvalue weighted by molar-refractivity contribution is 5.79. The zero-order chi connectivity index (χ0) is 13.7. The fraction of sp³-hybridized carbons (Fsp3) is 0.933. The van der Waals surface area contributed by atoms with Crippen molar-refractivity contribution in [3.05, 3.63) is 0 Å². The minimum atomic E-state index is 0.146. The molecule has 4 heteroatoms. The summed E-state index contributed by atoms with van der Waals surface area (Å²) in [7, 11) is 0. The fourth-order valence-electron chi connectivity index (χ4n) is 3.40. The van der Waals surface area contributed by atoms with Crippen molar-refractivity contribution in [1.29, 1.82) is 0 Å². The Balaban J connectivity index is 1.71. The van der Waals surface area contributed by atoms with E-state index in [1.807, 2.05) is 0 Å². The molecule has 3 atom stereocenters. The number of hydrogen-bond donors (Lipinski definition) is 2. The molecule has 0 radical (unpaired) electrons. The van der Waals surface area contributed by atoms with Gasteiger partial charge in [-0.05, 0) is 52.1 Å². The third kappa shape index (κ3) is 4.77. The molecule has 2 fully saturated rings. The maximum atomic E-state index is 12.2. The van der Waals surface area contributed by atoms with Crippen LogP contribution in [0.5, 0.6) is 0 Å². The van der Waals surface area contributed by atoms with Gasteiger partial charge in [-0.1, -0.05) is 12.8 Å². The maximum Gasteiger partial charge on any atom is 0.223 e. The normalized spacial score (nSPS) is 30.8. The van der Waals surface area contributed by atoms with Crippen LogP contribution in [0.2, 0.25) is 0 Å². The molecule has 3 N–H and O–H groups in total. The molecular formula is C15H29N3O. The minimum Gasteiger partial charge on any atom is -0.352 e. The molecule has 1 heterocycles. The second-order valence-corrected chi connectivity index (χ2v) is 6.39. The van der Waals surface area contributed by atoms with E-state index in [0.29, 0.717) is 0 Å². The summed E-state index contributed by atoms with van der Waals surface area (Å²) < 4.78 is 0. The molecule has 0 aromatic rings. The molecule has 110 valence electrons. The van der Waals surface area contributed by atoms with E-state index < -0.39 is 0 Å². The van der Waals surface area contributed by atoms with Gasteiger partial charge in [0.1, 0.15) is 0 Å². The van der Waals surface area contributed by atoms with Gasteiger partial charge >= 0.3 is 0 Å². The summed E-state index contributed by atoms with van der Waals surface area (Å²) in [6, 6.07) is 0.477. The summed E-state index contributed by atoms with van der Waals surface area (Å²) in [5, 5.41) is 3.18. The highest BCUT2D eigenvalue weighted by Crippen LogP contribution is 2.23. The molecule has 0 aromatic heterocycles. The fourth-order valence-corrected chi connectivity index (χ4v) is 3.40. The summed E-state index contributed by atoms with van der Waals surface area (Å²) in [4.78, 5) is 14.7. The molecule has 4 nitrogen and oxygen atoms in total. The Bertz CT molecular complexity index is 289. The van der Waals surface area contributed by atoms with Gasteiger partial charge in [0.05, 0.1) is 0 Å². The lowest BCUT2D eigenvalue weighted by molar-refractivity contribution is -0.126. The van der Waals surface area contributed by atoms with Crippen LogP contribution in [0.4, 0.5) is 0 Å². The molecule has 1 saturated carbocycles. The number of piperidine rings is 1. The van der Waals surface area contributed by atoms with Crippen LogP contribution in [0.15, 0.2) is 0 Å². The highest BCUT2D eigenvalue weighted by atomic mass is 16.1. The van der Waals surface area contributed by atoms with E-state index in [1.165, 1.54) is 32.4 Å². The number of nitrogens with zero attached hydrogens (tertiary/aromatic N) is 1. The molecule has 0 aromatic carbocycles. The summed E-state index contributed by atoms with van der Waals surface area (Å²) in [6.07, 6.45) is 8.01. The number of nitrogens with two attached hydrogens (primary N) is 1. The van der Waals surface area contributed by atoms with E-state index in [4.69, 9.17) is 5.73 Å². The average molecular weight is 267 g/mol. The first-order valence-electron chi connectivity index (χ1n) is 7.93. The van der Waals surface area contributed by atoms with Crippen LogP contribution in [0.3, 0.4) is 0 Å². The van der Waals surface area contributed by atoms with E-state index >= 15 is 0 Å². The second-order valence-electron chi connectivity index (χ2n) is 6.39. The number of nitrogens with one attached hydrogen (secondary N) is 1. The topological polar surface area (TPSA) is 58.4 Å². The first-order chi connectivity index (χ1) is 9.15. The van der Waals surface area contributed by atoms with Crippen LogP contribution < -0.4 is 11.1 Å². The van der Waals surface area contributed by atoms with Gasteiger partial charge in [0.2, 0.25) is 5.91 Å². The van der Waals surface area contributed by atoms with Crippen LogP contribution in [0, 0.1) is 5.92 Å². The molecule has 0 spiro atoms. The Kier molecular flexibility index (Phi) is 5.64. The van der Waals surface area contributed by atoms with Gasteiger partial charge in [0.15, 0.2) is 0 Å². The van der Waals surface area contributed by atoms with Gasteiger partial charge in [-0.3, -0.25) is 4.79 Å². The van der Waals surface area contributed by atoms with E-state index in [-0.39, 0.29) is 23.9 Å². The largest absolute Gasteiger partial charge is 0.352 e. The lowest BCUT2D eigenvalue weighted by atomic mass is 9.85. The van der Waals surface area contributed by atoms with Crippen molar-refractivity contribution < 1.29 is 4.79 Å². The monoisotopic (exact) mass is 267 g/mol. The molecule has 19 heavy (non-hydrogen) atoms. The standard InChI is InChI=1S/C15H29N3O/c1-12(11-18-8-3-2-4-9-18)17-15(19)13-6-5-7-14(16)10-13/h12-14H,2-11,16H2,1H3,(H,17,19). The van der Waals surface area contributed by atoms with Crippen LogP contribution in [-0.4, -0.2) is 42.5 Å². The zero-order valence-corrected chi connectivity index (χ0v) is 12.2. The quantitative estimate of drug-likeness (QED) is 0.811. The van der Waals surface area contributed by atoms with Crippen LogP contribution >= 0.6 is 0 Å². The molecule has 1 amide bonds. The lowest BCUT2D eigenvalue weighted by Crippen LogP contribution is -2.46. The SMILES string of the molecule is CC(CN1CCCCC1)NC(=O)C1CCCC(N)C1. The van der Waals surface area contributed by atoms with Gasteiger partial charge in [0.25, 0.3) is 0 Å². The number of carbonyl (C=O) groups is 1. The molecule has 2 aliphatic rings. The molecular weight excluding hydrogens is 238 g/mol. The van der Waals surface area contributed by atoms with E-state index in [1.54, 1.807) is 0 Å². The van der Waals surface area contributed by atoms with Gasteiger partial charge < -0.3 is 16.0 Å². The Hall–Kier alpha value is -0.610. The van der Waals surface area contributed by atoms with Gasteiger partial charge in [-0.25, -0.2) is 0 Å². The average Bonchev–Trinajstić information content (AvgIpc) is 2.39. The number of amides is 1. The molecule has 1 saturated heterocycles. The summed E-state index contributed by atoms with van der Waals surface area (Å²) in [5.74, 6) is 0.368. The van der Waals surface area contributed by atoms with Crippen molar-refractivity contribution in [2.75, 3.05) is 19.6 Å². The zero-order valence-electron chi connectivity index (χ0n) is 12.2. The van der Waals surface area contributed by atoms with E-state index in [2.05, 4.69) is 17.1 Å². The van der Waals surface area contributed by atoms with Crippen molar-refractivity contribution in [1.82, 2.24) is 10.2 Å². The number of likely N-dealkylation sites (tertiary alicyclic amines) is 1. The smallest absolute Gasteiger partial charge is 0.223 e. The van der Waals surface area contributed by atoms with Crippen LogP contribution in [0.1, 0.15) is 51.9 Å². The summed E-state index contributed by atoms with van der Waals surface area (Å²) in [6.45, 7) is 5.49. The molecule has 0 bridgehead atoms. The molecule has 2 rings (SSSR count). The molecule has 3 unspecified atom stereocenters. The summed E-state index contributed by atoms with van der Waals surface area (Å²) >= 11 is 0. The van der Waals surface area contributed by atoms with Crippen molar-refractivity contribution in [2.45, 2.75) is 64.0 Å². The number of rotatable bonds is 4. The van der Waals surface area contributed by atoms with Crippen molar-refractivity contribution in [3.63, 3.8) is 0 Å². The first-order valence-corrected chi connectivity index (χ1v) is 7.93. The molecule has 1 aliphatic heterocycles. The second kappa shape index (κ2) is 7.25. The third-order valence-electron chi connectivity index (χ3n) is 4.45. The van der Waals surface area contributed by atoms with Crippen LogP contribution in [-0.2, 0) is 4.79 Å².